The summed E-state index contributed by atoms with van der Waals surface area (Å²) in [7, 11) is 2.04. The number of hydrogen-bond donors (Lipinski definition) is 3. The number of pyridine rings is 1. The van der Waals surface area contributed by atoms with Gasteiger partial charge in [-0.25, -0.2) is 0 Å². The second-order valence-corrected chi connectivity index (χ2v) is 10.2. The van der Waals surface area contributed by atoms with E-state index in [-0.39, 0.29) is 0 Å². The van der Waals surface area contributed by atoms with Gasteiger partial charge in [-0.1, -0.05) is 56.5 Å². The van der Waals surface area contributed by atoms with Gasteiger partial charge in [0.25, 0.3) is 0 Å². The van der Waals surface area contributed by atoms with Crippen molar-refractivity contribution < 1.29 is 0 Å². The Morgan fingerprint density at radius 3 is 2.79 bits per heavy atom. The zero-order valence-electron chi connectivity index (χ0n) is 20.3. The fourth-order valence-electron chi connectivity index (χ4n) is 5.38. The molecule has 0 aliphatic heterocycles. The molecule has 2 aliphatic rings. The Kier molecular flexibility index (Phi) is 6.80. The Bertz CT molecular complexity index is 1180. The number of halogens is 1. The van der Waals surface area contributed by atoms with Crippen molar-refractivity contribution in [1.82, 2.24) is 15.3 Å². The number of aromatic amines is 1. The van der Waals surface area contributed by atoms with E-state index in [1.54, 1.807) is 0 Å². The number of aromatic nitrogens is 2. The van der Waals surface area contributed by atoms with Crippen molar-refractivity contribution in [2.45, 2.75) is 63.8 Å². The van der Waals surface area contributed by atoms with Gasteiger partial charge in [0, 0.05) is 51.9 Å². The molecule has 2 aromatic heterocycles. The molecule has 0 spiro atoms. The predicted octanol–water partition coefficient (Wildman–Crippen LogP) is 7.49. The van der Waals surface area contributed by atoms with Crippen molar-refractivity contribution in [3.8, 4) is 11.3 Å². The molecule has 0 bridgehead atoms. The molecule has 2 atom stereocenters. The van der Waals surface area contributed by atoms with E-state index >= 15 is 0 Å². The van der Waals surface area contributed by atoms with Crippen LogP contribution in [-0.4, -0.2) is 23.1 Å². The van der Waals surface area contributed by atoms with Crippen LogP contribution in [0, 0.1) is 5.92 Å². The number of benzene rings is 1. The Balaban J connectivity index is 1.60. The van der Waals surface area contributed by atoms with E-state index < -0.39 is 0 Å². The number of nitrogens with zero attached hydrogens (tertiary/aromatic N) is 1. The molecule has 2 saturated carbocycles. The van der Waals surface area contributed by atoms with Crippen LogP contribution in [0.1, 0.15) is 67.3 Å². The van der Waals surface area contributed by atoms with Crippen molar-refractivity contribution in [2.24, 2.45) is 5.92 Å². The number of nitrogens with one attached hydrogen (secondary N) is 3. The van der Waals surface area contributed by atoms with Crippen LogP contribution in [0.5, 0.6) is 0 Å². The van der Waals surface area contributed by atoms with Crippen LogP contribution in [0.3, 0.4) is 0 Å². The molecule has 2 unspecified atom stereocenters. The zero-order valence-corrected chi connectivity index (χ0v) is 21.0. The monoisotopic (exact) mass is 474 g/mol. The lowest BCUT2D eigenvalue weighted by Gasteiger charge is -2.25. The van der Waals surface area contributed by atoms with Crippen LogP contribution in [0.4, 0.5) is 11.4 Å². The Labute approximate surface area is 208 Å². The number of hydrogen-bond acceptors (Lipinski definition) is 3. The third-order valence-corrected chi connectivity index (χ3v) is 8.11. The molecule has 3 aromatic rings. The fourth-order valence-corrected chi connectivity index (χ4v) is 5.69. The summed E-state index contributed by atoms with van der Waals surface area (Å²) in [4.78, 5) is 8.32. The average Bonchev–Trinajstić information content (AvgIpc) is 3.52. The van der Waals surface area contributed by atoms with Gasteiger partial charge in [0.1, 0.15) is 0 Å². The molecule has 0 saturated heterocycles. The molecule has 5 heteroatoms. The Morgan fingerprint density at radius 1 is 1.26 bits per heavy atom. The van der Waals surface area contributed by atoms with E-state index in [9.17, 15) is 0 Å². The topological polar surface area (TPSA) is 52.7 Å². The second-order valence-electron chi connectivity index (χ2n) is 9.76. The fraction of sp³-hybridized carbons (Fsp3) is 0.414. The average molecular weight is 475 g/mol. The number of anilines is 2. The maximum Gasteiger partial charge on any atom is 0.0720 e. The zero-order chi connectivity index (χ0) is 23.7. The van der Waals surface area contributed by atoms with Gasteiger partial charge in [-0.05, 0) is 68.0 Å². The van der Waals surface area contributed by atoms with Crippen LogP contribution >= 0.6 is 11.6 Å². The highest BCUT2D eigenvalue weighted by Crippen LogP contribution is 2.48. The summed E-state index contributed by atoms with van der Waals surface area (Å²) in [6, 6.07) is 8.76. The summed E-state index contributed by atoms with van der Waals surface area (Å²) in [6.07, 6.45) is 14.4. The first-order valence-corrected chi connectivity index (χ1v) is 13.1. The highest BCUT2D eigenvalue weighted by Gasteiger charge is 2.40. The van der Waals surface area contributed by atoms with Gasteiger partial charge in [-0.3, -0.25) is 4.98 Å². The van der Waals surface area contributed by atoms with Gasteiger partial charge in [0.05, 0.1) is 11.4 Å². The maximum atomic E-state index is 6.56. The van der Waals surface area contributed by atoms with Crippen molar-refractivity contribution in [3.05, 3.63) is 70.6 Å². The minimum absolute atomic E-state index is 0.470. The van der Waals surface area contributed by atoms with Gasteiger partial charge in [-0.15, -0.1) is 0 Å². The minimum atomic E-state index is 0.470. The summed E-state index contributed by atoms with van der Waals surface area (Å²) in [5.41, 5.74) is 9.34. The van der Waals surface area contributed by atoms with Gasteiger partial charge >= 0.3 is 0 Å². The van der Waals surface area contributed by atoms with E-state index in [0.717, 1.165) is 58.4 Å². The van der Waals surface area contributed by atoms with E-state index in [1.165, 1.54) is 42.5 Å². The highest BCUT2D eigenvalue weighted by molar-refractivity contribution is 6.31. The highest BCUT2D eigenvalue weighted by atomic mass is 35.5. The summed E-state index contributed by atoms with van der Waals surface area (Å²) in [5.74, 6) is 1.34. The third kappa shape index (κ3) is 4.42. The molecule has 1 aromatic carbocycles. The quantitative estimate of drug-likeness (QED) is 0.285. The van der Waals surface area contributed by atoms with Gasteiger partial charge in [0.15, 0.2) is 0 Å². The van der Waals surface area contributed by atoms with Crippen LogP contribution < -0.4 is 10.6 Å². The number of aryl methyl sites for hydroxylation is 1. The van der Waals surface area contributed by atoms with Crippen LogP contribution in [0.25, 0.3) is 17.3 Å². The minimum Gasteiger partial charge on any atom is -0.356 e. The largest absolute Gasteiger partial charge is 0.356 e. The summed E-state index contributed by atoms with van der Waals surface area (Å²) < 4.78 is 0. The lowest BCUT2D eigenvalue weighted by molar-refractivity contribution is 0.296. The smallest absolute Gasteiger partial charge is 0.0720 e. The van der Waals surface area contributed by atoms with Gasteiger partial charge in [0.2, 0.25) is 0 Å². The molecule has 4 nitrogen and oxygen atoms in total. The molecule has 0 amide bonds. The SMILES string of the molecule is C=Cc1c(C2CC2NC)[nH]c(-c2ccncc2CCC2CCC2)c1Nc1cccc(Cl)c1CC. The molecule has 2 heterocycles. The third-order valence-electron chi connectivity index (χ3n) is 7.76. The molecule has 34 heavy (non-hydrogen) atoms. The number of likely N-dealkylation sites (N-methyl/N-ethyl adjacent to an activating group) is 1. The standard InChI is InChI=1S/C29H35ClN4/c1-4-20-24(30)10-7-11-25(20)33-28-21(5-2)27(23-16-26(23)31-3)34-29(28)22-14-15-32-17-19(22)13-12-18-8-6-9-18/h5,7,10-11,14-15,17-18,23,26,31,33-34H,2,4,6,8-9,12-13,16H2,1,3H3. The molecule has 0 radical (unpaired) electrons. The molecule has 5 rings (SSSR count). The first-order valence-electron chi connectivity index (χ1n) is 12.7. The molecular weight excluding hydrogens is 440 g/mol. The number of rotatable bonds is 10. The van der Waals surface area contributed by atoms with Crippen molar-refractivity contribution in [3.63, 3.8) is 0 Å². The molecule has 178 valence electrons. The van der Waals surface area contributed by atoms with E-state index in [1.807, 2.05) is 31.5 Å². The van der Waals surface area contributed by atoms with Crippen LogP contribution in [-0.2, 0) is 12.8 Å². The lowest BCUT2D eigenvalue weighted by atomic mass is 9.81. The summed E-state index contributed by atoms with van der Waals surface area (Å²) in [5, 5.41) is 8.01. The Hall–Kier alpha value is -2.56. The predicted molar refractivity (Wildman–Crippen MR) is 144 cm³/mol. The molecule has 2 fully saturated rings. The second kappa shape index (κ2) is 9.97. The number of H-pyrrole nitrogens is 1. The van der Waals surface area contributed by atoms with Crippen LogP contribution in [0.15, 0.2) is 43.2 Å². The van der Waals surface area contributed by atoms with Gasteiger partial charge in [-0.2, -0.15) is 0 Å². The molecule has 2 aliphatic carbocycles. The summed E-state index contributed by atoms with van der Waals surface area (Å²) in [6.45, 7) is 6.35. The van der Waals surface area contributed by atoms with Crippen molar-refractivity contribution in [1.29, 1.82) is 0 Å². The van der Waals surface area contributed by atoms with E-state index in [2.05, 4.69) is 52.4 Å². The van der Waals surface area contributed by atoms with Gasteiger partial charge < -0.3 is 15.6 Å². The first kappa shape index (κ1) is 23.2. The molecular formula is C29H35ClN4. The van der Waals surface area contributed by atoms with Crippen LogP contribution in [0.2, 0.25) is 5.02 Å². The van der Waals surface area contributed by atoms with Crippen molar-refractivity contribution in [2.75, 3.05) is 12.4 Å². The van der Waals surface area contributed by atoms with E-state index in [0.29, 0.717) is 12.0 Å². The Morgan fingerprint density at radius 2 is 2.12 bits per heavy atom. The summed E-state index contributed by atoms with van der Waals surface area (Å²) >= 11 is 6.56. The van der Waals surface area contributed by atoms with Crippen molar-refractivity contribution >= 4 is 29.1 Å². The maximum absolute atomic E-state index is 6.56. The normalized spacial score (nSPS) is 19.6. The first-order chi connectivity index (χ1) is 16.6. The molecule has 3 N–H and O–H groups in total. The lowest BCUT2D eigenvalue weighted by Crippen LogP contribution is -2.12. The van der Waals surface area contributed by atoms with E-state index in [4.69, 9.17) is 11.6 Å².